The van der Waals surface area contributed by atoms with Crippen molar-refractivity contribution >= 4 is 5.97 Å². The maximum Gasteiger partial charge on any atom is 0.311 e. The second-order valence-electron chi connectivity index (χ2n) is 4.21. The SMILES string of the molecule is COC(=O)[C@@H]1C[C@H]2CCC(=C(C#N)C#N)[C@@H]1O2. The molecule has 3 atom stereocenters. The largest absolute Gasteiger partial charge is 0.469 e. The molecule has 0 aromatic carbocycles. The van der Waals surface area contributed by atoms with Gasteiger partial charge in [0.15, 0.2) is 0 Å². The fourth-order valence-corrected chi connectivity index (χ4v) is 2.54. The normalized spacial score (nSPS) is 30.3. The summed E-state index contributed by atoms with van der Waals surface area (Å²) in [7, 11) is 1.34. The van der Waals surface area contributed by atoms with Gasteiger partial charge < -0.3 is 9.47 Å². The predicted molar refractivity (Wildman–Crippen MR) is 56.3 cm³/mol. The van der Waals surface area contributed by atoms with Gasteiger partial charge in [-0.3, -0.25) is 4.79 Å². The standard InChI is InChI=1S/C12H12N2O3/c1-16-12(15)10-4-8-2-3-9(11(10)17-8)7(5-13)6-14/h8,10-11H,2-4H2,1H3/t8-,10-,11+/m1/s1. The lowest BCUT2D eigenvalue weighted by molar-refractivity contribution is -0.146. The van der Waals surface area contributed by atoms with Crippen LogP contribution in [0, 0.1) is 28.6 Å². The highest BCUT2D eigenvalue weighted by molar-refractivity contribution is 5.74. The summed E-state index contributed by atoms with van der Waals surface area (Å²) in [5.41, 5.74) is 0.725. The number of esters is 1. The second-order valence-corrected chi connectivity index (χ2v) is 4.21. The summed E-state index contributed by atoms with van der Waals surface area (Å²) in [4.78, 5) is 11.6. The second kappa shape index (κ2) is 4.57. The van der Waals surface area contributed by atoms with Gasteiger partial charge in [-0.1, -0.05) is 0 Å². The molecule has 0 saturated carbocycles. The van der Waals surface area contributed by atoms with E-state index in [1.807, 2.05) is 12.1 Å². The Morgan fingerprint density at radius 1 is 1.47 bits per heavy atom. The Balaban J connectivity index is 2.34. The van der Waals surface area contributed by atoms with Gasteiger partial charge in [-0.15, -0.1) is 0 Å². The van der Waals surface area contributed by atoms with E-state index in [-0.39, 0.29) is 23.6 Å². The molecule has 0 aromatic heterocycles. The number of methoxy groups -OCH3 is 1. The highest BCUT2D eigenvalue weighted by Crippen LogP contribution is 2.41. The van der Waals surface area contributed by atoms with Crippen molar-refractivity contribution in [2.45, 2.75) is 31.5 Å². The van der Waals surface area contributed by atoms with Crippen molar-refractivity contribution < 1.29 is 14.3 Å². The van der Waals surface area contributed by atoms with Crippen LogP contribution in [0.15, 0.2) is 11.1 Å². The van der Waals surface area contributed by atoms with E-state index in [9.17, 15) is 4.79 Å². The molecule has 0 radical (unpaired) electrons. The summed E-state index contributed by atoms with van der Waals surface area (Å²) in [5.74, 6) is -0.702. The molecule has 17 heavy (non-hydrogen) atoms. The minimum Gasteiger partial charge on any atom is -0.469 e. The first-order valence-corrected chi connectivity index (χ1v) is 5.47. The van der Waals surface area contributed by atoms with Crippen molar-refractivity contribution in [3.8, 4) is 12.1 Å². The summed E-state index contributed by atoms with van der Waals surface area (Å²) in [6, 6.07) is 3.74. The molecule has 5 nitrogen and oxygen atoms in total. The topological polar surface area (TPSA) is 83.1 Å². The summed E-state index contributed by atoms with van der Waals surface area (Å²) in [6.07, 6.45) is 1.62. The maximum absolute atomic E-state index is 11.6. The summed E-state index contributed by atoms with van der Waals surface area (Å²) >= 11 is 0. The van der Waals surface area contributed by atoms with Crippen molar-refractivity contribution in [3.63, 3.8) is 0 Å². The molecule has 0 aliphatic carbocycles. The van der Waals surface area contributed by atoms with Gasteiger partial charge >= 0.3 is 5.97 Å². The molecular weight excluding hydrogens is 220 g/mol. The van der Waals surface area contributed by atoms with E-state index in [1.165, 1.54) is 7.11 Å². The first-order chi connectivity index (χ1) is 8.21. The Hall–Kier alpha value is -1.85. The zero-order chi connectivity index (χ0) is 12.4. The third kappa shape index (κ3) is 1.90. The van der Waals surface area contributed by atoms with E-state index >= 15 is 0 Å². The average Bonchev–Trinajstić information content (AvgIpc) is 2.70. The van der Waals surface area contributed by atoms with Crippen molar-refractivity contribution in [2.75, 3.05) is 7.11 Å². The van der Waals surface area contributed by atoms with E-state index in [1.54, 1.807) is 0 Å². The van der Waals surface area contributed by atoms with Crippen molar-refractivity contribution in [2.24, 2.45) is 5.92 Å². The number of nitriles is 2. The van der Waals surface area contributed by atoms with Crippen LogP contribution in [0.2, 0.25) is 0 Å². The van der Waals surface area contributed by atoms with E-state index in [0.29, 0.717) is 18.4 Å². The quantitative estimate of drug-likeness (QED) is 0.498. The van der Waals surface area contributed by atoms with E-state index in [4.69, 9.17) is 20.0 Å². The smallest absolute Gasteiger partial charge is 0.311 e. The van der Waals surface area contributed by atoms with Gasteiger partial charge in [0.25, 0.3) is 0 Å². The van der Waals surface area contributed by atoms with Crippen LogP contribution in [0.3, 0.4) is 0 Å². The molecule has 2 saturated heterocycles. The van der Waals surface area contributed by atoms with Crippen molar-refractivity contribution in [1.82, 2.24) is 0 Å². The highest BCUT2D eigenvalue weighted by Gasteiger charge is 2.46. The number of ether oxygens (including phenoxy) is 2. The molecule has 0 amide bonds. The van der Waals surface area contributed by atoms with Gasteiger partial charge in [-0.2, -0.15) is 10.5 Å². The molecule has 2 fully saturated rings. The molecule has 0 N–H and O–H groups in total. The summed E-state index contributed by atoms with van der Waals surface area (Å²) < 4.78 is 10.4. The Labute approximate surface area is 99.2 Å². The molecule has 0 spiro atoms. The Morgan fingerprint density at radius 3 is 2.76 bits per heavy atom. The van der Waals surface area contributed by atoms with Crippen LogP contribution in [0.25, 0.3) is 0 Å². The number of nitrogens with zero attached hydrogens (tertiary/aromatic N) is 2. The van der Waals surface area contributed by atoms with Gasteiger partial charge in [-0.05, 0) is 24.8 Å². The lowest BCUT2D eigenvalue weighted by Crippen LogP contribution is -2.29. The van der Waals surface area contributed by atoms with E-state index in [2.05, 4.69) is 0 Å². The number of hydrogen-bond acceptors (Lipinski definition) is 5. The third-order valence-corrected chi connectivity index (χ3v) is 3.35. The summed E-state index contributed by atoms with van der Waals surface area (Å²) in [6.45, 7) is 0. The minimum atomic E-state index is -0.449. The molecule has 2 rings (SSSR count). The van der Waals surface area contributed by atoms with Crippen LogP contribution in [0.1, 0.15) is 19.3 Å². The van der Waals surface area contributed by atoms with Crippen LogP contribution in [0.4, 0.5) is 0 Å². The van der Waals surface area contributed by atoms with Crippen molar-refractivity contribution in [3.05, 3.63) is 11.1 Å². The Bertz CT molecular complexity index is 439. The fourth-order valence-electron chi connectivity index (χ4n) is 2.54. The van der Waals surface area contributed by atoms with Crippen molar-refractivity contribution in [1.29, 1.82) is 10.5 Å². The van der Waals surface area contributed by atoms with Crippen LogP contribution < -0.4 is 0 Å². The number of rotatable bonds is 1. The predicted octanol–water partition coefficient (Wildman–Crippen LogP) is 1.07. The number of carbonyl (C=O) groups is 1. The van der Waals surface area contributed by atoms with E-state index < -0.39 is 6.10 Å². The van der Waals surface area contributed by atoms with E-state index in [0.717, 1.165) is 6.42 Å². The lowest BCUT2D eigenvalue weighted by Gasteiger charge is -2.24. The van der Waals surface area contributed by atoms with Crippen LogP contribution in [-0.4, -0.2) is 25.3 Å². The molecule has 2 bridgehead atoms. The Morgan fingerprint density at radius 2 is 2.18 bits per heavy atom. The highest BCUT2D eigenvalue weighted by atomic mass is 16.5. The number of hydrogen-bond donors (Lipinski definition) is 0. The monoisotopic (exact) mass is 232 g/mol. The van der Waals surface area contributed by atoms with Gasteiger partial charge in [0, 0.05) is 0 Å². The maximum atomic E-state index is 11.6. The van der Waals surface area contributed by atoms with Gasteiger partial charge in [0.05, 0.1) is 25.2 Å². The molecule has 2 aliphatic heterocycles. The molecule has 0 aromatic rings. The fraction of sp³-hybridized carbons (Fsp3) is 0.583. The zero-order valence-corrected chi connectivity index (χ0v) is 9.47. The first-order valence-electron chi connectivity index (χ1n) is 5.47. The average molecular weight is 232 g/mol. The zero-order valence-electron chi connectivity index (χ0n) is 9.47. The molecular formula is C12H12N2O3. The number of fused-ring (bicyclic) bond motifs is 2. The molecule has 2 heterocycles. The Kier molecular flexibility index (Phi) is 3.12. The van der Waals surface area contributed by atoms with Gasteiger partial charge in [0.1, 0.15) is 17.7 Å². The molecule has 88 valence electrons. The lowest BCUT2D eigenvalue weighted by atomic mass is 9.92. The third-order valence-electron chi connectivity index (χ3n) is 3.35. The number of carbonyl (C=O) groups excluding carboxylic acids is 1. The van der Waals surface area contributed by atoms with Gasteiger partial charge in [-0.25, -0.2) is 0 Å². The molecule has 2 aliphatic rings. The van der Waals surface area contributed by atoms with Crippen LogP contribution in [0.5, 0.6) is 0 Å². The molecule has 0 unspecified atom stereocenters. The summed E-state index contributed by atoms with van der Waals surface area (Å²) in [5, 5.41) is 17.8. The number of allylic oxidation sites excluding steroid dienone is 1. The molecule has 5 heteroatoms. The first kappa shape index (κ1) is 11.6. The van der Waals surface area contributed by atoms with Gasteiger partial charge in [0.2, 0.25) is 0 Å². The van der Waals surface area contributed by atoms with Crippen LogP contribution in [-0.2, 0) is 14.3 Å². The van der Waals surface area contributed by atoms with Crippen LogP contribution >= 0.6 is 0 Å². The minimum absolute atomic E-state index is 0.0477.